The van der Waals surface area contributed by atoms with E-state index in [-0.39, 0.29) is 18.8 Å². The number of nitriles is 1. The summed E-state index contributed by atoms with van der Waals surface area (Å²) in [6, 6.07) is 5.53. The molecule has 5 heteroatoms. The molecule has 1 aliphatic rings. The minimum atomic E-state index is -0.189. The number of hydrogen-bond acceptors (Lipinski definition) is 5. The third-order valence-corrected chi connectivity index (χ3v) is 2.73. The Morgan fingerprint density at radius 2 is 2.47 bits per heavy atom. The lowest BCUT2D eigenvalue weighted by molar-refractivity contribution is -0.0423. The Morgan fingerprint density at radius 1 is 1.65 bits per heavy atom. The molecule has 0 aromatic carbocycles. The van der Waals surface area contributed by atoms with Crippen molar-refractivity contribution in [2.75, 3.05) is 24.6 Å². The second-order valence-corrected chi connectivity index (χ2v) is 4.17. The van der Waals surface area contributed by atoms with E-state index in [1.54, 1.807) is 18.3 Å². The molecule has 1 aromatic rings. The Labute approximate surface area is 100 Å². The molecule has 1 N–H and O–H groups in total. The van der Waals surface area contributed by atoms with Crippen LogP contribution in [0.1, 0.15) is 12.5 Å². The topological polar surface area (TPSA) is 69.4 Å². The quantitative estimate of drug-likeness (QED) is 0.807. The Kier molecular flexibility index (Phi) is 3.57. The van der Waals surface area contributed by atoms with Crippen molar-refractivity contribution in [3.8, 4) is 6.07 Å². The van der Waals surface area contributed by atoms with Crippen LogP contribution < -0.4 is 4.90 Å². The van der Waals surface area contributed by atoms with Gasteiger partial charge in [0, 0.05) is 19.3 Å². The maximum atomic E-state index is 9.15. The summed E-state index contributed by atoms with van der Waals surface area (Å²) in [6.45, 7) is 3.28. The normalized spacial score (nSPS) is 24.4. The highest BCUT2D eigenvalue weighted by molar-refractivity contribution is 5.45. The van der Waals surface area contributed by atoms with Crippen molar-refractivity contribution in [1.82, 2.24) is 4.98 Å². The second-order valence-electron chi connectivity index (χ2n) is 4.17. The Balaban J connectivity index is 2.18. The van der Waals surface area contributed by atoms with Crippen LogP contribution in [0.5, 0.6) is 0 Å². The van der Waals surface area contributed by atoms with E-state index in [0.717, 1.165) is 12.4 Å². The monoisotopic (exact) mass is 233 g/mol. The molecule has 90 valence electrons. The first-order chi connectivity index (χ1) is 8.22. The summed E-state index contributed by atoms with van der Waals surface area (Å²) in [6.07, 6.45) is 1.49. The van der Waals surface area contributed by atoms with Gasteiger partial charge in [0.1, 0.15) is 5.82 Å². The first-order valence-corrected chi connectivity index (χ1v) is 5.60. The summed E-state index contributed by atoms with van der Waals surface area (Å²) >= 11 is 0. The summed E-state index contributed by atoms with van der Waals surface area (Å²) in [5.41, 5.74) is 0.592. The molecule has 2 unspecified atom stereocenters. The van der Waals surface area contributed by atoms with Crippen LogP contribution in [0.3, 0.4) is 0 Å². The second kappa shape index (κ2) is 5.13. The molecule has 1 aromatic heterocycles. The van der Waals surface area contributed by atoms with Crippen LogP contribution in [0.2, 0.25) is 0 Å². The van der Waals surface area contributed by atoms with Gasteiger partial charge in [0.15, 0.2) is 0 Å². The third-order valence-electron chi connectivity index (χ3n) is 2.73. The van der Waals surface area contributed by atoms with Gasteiger partial charge in [-0.3, -0.25) is 0 Å². The highest BCUT2D eigenvalue weighted by Gasteiger charge is 2.25. The molecule has 2 atom stereocenters. The summed E-state index contributed by atoms with van der Waals surface area (Å²) in [7, 11) is 0. The standard InChI is InChI=1S/C12H15N3O2/c1-9-6-15(7-11(8-16)17-9)12-4-10(5-13)2-3-14-12/h2-4,9,11,16H,6-8H2,1H3. The molecule has 17 heavy (non-hydrogen) atoms. The molecule has 0 saturated carbocycles. The molecule has 5 nitrogen and oxygen atoms in total. The molecule has 2 rings (SSSR count). The van der Waals surface area contributed by atoms with Gasteiger partial charge in [-0.05, 0) is 19.1 Å². The summed E-state index contributed by atoms with van der Waals surface area (Å²) in [4.78, 5) is 6.29. The Hall–Kier alpha value is -1.64. The van der Waals surface area contributed by atoms with E-state index >= 15 is 0 Å². The number of rotatable bonds is 2. The molecule has 1 aliphatic heterocycles. The van der Waals surface area contributed by atoms with Crippen LogP contribution in [0.4, 0.5) is 5.82 Å². The number of pyridine rings is 1. The van der Waals surface area contributed by atoms with Crippen molar-refractivity contribution in [3.63, 3.8) is 0 Å². The minimum absolute atomic E-state index is 0.00121. The fraction of sp³-hybridized carbons (Fsp3) is 0.500. The van der Waals surface area contributed by atoms with Gasteiger partial charge in [-0.1, -0.05) is 0 Å². The van der Waals surface area contributed by atoms with Crippen molar-refractivity contribution in [2.45, 2.75) is 19.1 Å². The number of nitrogens with zero attached hydrogens (tertiary/aromatic N) is 3. The molecule has 0 radical (unpaired) electrons. The van der Waals surface area contributed by atoms with E-state index in [1.807, 2.05) is 11.8 Å². The van der Waals surface area contributed by atoms with Crippen molar-refractivity contribution in [2.24, 2.45) is 0 Å². The van der Waals surface area contributed by atoms with Crippen molar-refractivity contribution < 1.29 is 9.84 Å². The summed E-state index contributed by atoms with van der Waals surface area (Å²) in [5.74, 6) is 0.762. The van der Waals surface area contributed by atoms with E-state index < -0.39 is 0 Å². The fourth-order valence-corrected chi connectivity index (χ4v) is 1.99. The van der Waals surface area contributed by atoms with Gasteiger partial charge in [-0.25, -0.2) is 4.98 Å². The first-order valence-electron chi connectivity index (χ1n) is 5.60. The third kappa shape index (κ3) is 2.73. The maximum absolute atomic E-state index is 9.15. The molecule has 0 amide bonds. The predicted molar refractivity (Wildman–Crippen MR) is 62.6 cm³/mol. The highest BCUT2D eigenvalue weighted by atomic mass is 16.5. The number of hydrogen-bond donors (Lipinski definition) is 1. The molecule has 2 heterocycles. The largest absolute Gasteiger partial charge is 0.394 e. The lowest BCUT2D eigenvalue weighted by atomic mass is 10.2. The van der Waals surface area contributed by atoms with Gasteiger partial charge in [0.25, 0.3) is 0 Å². The summed E-state index contributed by atoms with van der Waals surface area (Å²) < 4.78 is 5.56. The molecule has 1 saturated heterocycles. The average molecular weight is 233 g/mol. The van der Waals surface area contributed by atoms with Crippen LogP contribution >= 0.6 is 0 Å². The van der Waals surface area contributed by atoms with Crippen LogP contribution in [0.25, 0.3) is 0 Å². The molecule has 0 bridgehead atoms. The van der Waals surface area contributed by atoms with Gasteiger partial charge in [0.2, 0.25) is 0 Å². The first kappa shape index (κ1) is 11.8. The van der Waals surface area contributed by atoms with Gasteiger partial charge in [-0.15, -0.1) is 0 Å². The lowest BCUT2D eigenvalue weighted by Crippen LogP contribution is -2.48. The van der Waals surface area contributed by atoms with Crippen molar-refractivity contribution >= 4 is 5.82 Å². The smallest absolute Gasteiger partial charge is 0.129 e. The van der Waals surface area contributed by atoms with E-state index in [9.17, 15) is 0 Å². The zero-order chi connectivity index (χ0) is 12.3. The van der Waals surface area contributed by atoms with Gasteiger partial charge in [-0.2, -0.15) is 5.26 Å². The van der Waals surface area contributed by atoms with Crippen LogP contribution in [0.15, 0.2) is 18.3 Å². The molecule has 0 spiro atoms. The maximum Gasteiger partial charge on any atom is 0.129 e. The molecular formula is C12H15N3O2. The van der Waals surface area contributed by atoms with Gasteiger partial charge in [0.05, 0.1) is 30.4 Å². The average Bonchev–Trinajstić information content (AvgIpc) is 2.38. The van der Waals surface area contributed by atoms with Crippen LogP contribution in [-0.2, 0) is 4.74 Å². The van der Waals surface area contributed by atoms with E-state index in [2.05, 4.69) is 11.1 Å². The van der Waals surface area contributed by atoms with E-state index in [0.29, 0.717) is 12.1 Å². The minimum Gasteiger partial charge on any atom is -0.394 e. The van der Waals surface area contributed by atoms with Crippen LogP contribution in [0, 0.1) is 11.3 Å². The lowest BCUT2D eigenvalue weighted by Gasteiger charge is -2.36. The fourth-order valence-electron chi connectivity index (χ4n) is 1.99. The Morgan fingerprint density at radius 3 is 3.18 bits per heavy atom. The number of aliphatic hydroxyl groups excluding tert-OH is 1. The predicted octanol–water partition coefficient (Wildman–Crippen LogP) is 0.539. The van der Waals surface area contributed by atoms with Crippen molar-refractivity contribution in [3.05, 3.63) is 23.9 Å². The zero-order valence-corrected chi connectivity index (χ0v) is 9.71. The molecule has 1 fully saturated rings. The molecule has 0 aliphatic carbocycles. The number of anilines is 1. The Bertz CT molecular complexity index is 430. The van der Waals surface area contributed by atoms with Crippen molar-refractivity contribution in [1.29, 1.82) is 5.26 Å². The SMILES string of the molecule is CC1CN(c2cc(C#N)ccn2)CC(CO)O1. The number of aliphatic hydroxyl groups is 1. The number of morpholine rings is 1. The highest BCUT2D eigenvalue weighted by Crippen LogP contribution is 2.18. The van der Waals surface area contributed by atoms with E-state index in [1.165, 1.54) is 0 Å². The number of aromatic nitrogens is 1. The number of ether oxygens (including phenoxy) is 1. The zero-order valence-electron chi connectivity index (χ0n) is 9.71. The van der Waals surface area contributed by atoms with E-state index in [4.69, 9.17) is 15.1 Å². The van der Waals surface area contributed by atoms with Gasteiger partial charge >= 0.3 is 0 Å². The van der Waals surface area contributed by atoms with Gasteiger partial charge < -0.3 is 14.7 Å². The summed E-state index contributed by atoms with van der Waals surface area (Å²) in [5, 5.41) is 18.0. The van der Waals surface area contributed by atoms with Crippen LogP contribution in [-0.4, -0.2) is 42.0 Å². The molecular weight excluding hydrogens is 218 g/mol.